The first kappa shape index (κ1) is 79.9. The summed E-state index contributed by atoms with van der Waals surface area (Å²) in [7, 11) is 8.50. The fourth-order valence-electron chi connectivity index (χ4n) is 18.8. The molecule has 4 spiro atoms. The van der Waals surface area contributed by atoms with Crippen LogP contribution in [0.1, 0.15) is 169 Å². The van der Waals surface area contributed by atoms with Crippen molar-refractivity contribution >= 4 is 36.2 Å². The van der Waals surface area contributed by atoms with Crippen molar-refractivity contribution in [1.29, 1.82) is 0 Å². The Morgan fingerprint density at radius 2 is 0.596 bits per heavy atom. The largest absolute Gasteiger partial charge is 0.457 e. The lowest BCUT2D eigenvalue weighted by molar-refractivity contribution is -0.0909. The standard InChI is InChI=1S/2C23H26FN3O.C22H23FN2O.C21H21FN2O2.C3H8.CH3FS/c2*1-26(2)19-13-23(14-19)15-25-22(28-23)27-12-11-16-5-3-4-6-20(16)21(27)17-7-9-18(24)10-8-17;1-15-12-22(13-15)14-24-21(26-22)25-11-10-16-4-2-3-5-19(16)20(25)17-6-8-18(23)9-7-17;22-16-7-5-15(6-8-16)19-18-4-2-1-3-14(18)9-10-24(19)20-23-13-21(26-20)11-17(25)12-21;2*1-3-2/h2*3-10,19,21H,11-15H2,1-2H3;2-9,15,20H,10-14H2,1H3;1-8,17,19,25H,9-13H2;3H2,1-2H3;1H3/t2*19?,21-,23?;15?,20-,22?;17?,19-,21?;;/m0000../s1. The van der Waals surface area contributed by atoms with Gasteiger partial charge in [-0.15, -0.1) is 0 Å². The minimum atomic E-state index is -0.320. The Balaban J connectivity index is 0.000000117. The Bertz CT molecular complexity index is 4460. The van der Waals surface area contributed by atoms with Crippen molar-refractivity contribution in [3.05, 3.63) is 284 Å². The van der Waals surface area contributed by atoms with Gasteiger partial charge in [-0.05, 0) is 188 Å². The topological polar surface area (TPSA) is 126 Å². The van der Waals surface area contributed by atoms with Crippen LogP contribution < -0.4 is 0 Å². The summed E-state index contributed by atoms with van der Waals surface area (Å²) in [5, 5.41) is 9.68. The smallest absolute Gasteiger partial charge is 0.288 e. The van der Waals surface area contributed by atoms with E-state index in [1.165, 1.54) is 106 Å². The van der Waals surface area contributed by atoms with Crippen LogP contribution in [-0.2, 0) is 44.6 Å². The predicted molar refractivity (Wildman–Crippen MR) is 442 cm³/mol. The molecular formula is C93H107F5N10O5S. The Kier molecular flexibility index (Phi) is 24.0. The SMILES string of the molecule is CC1CC2(CN=C(N3CCc4ccccc4[C@@H]3c3ccc(F)cc3)O2)C1.CCC.CN(C)C1CC2(CN=C(N3CCc4ccccc4[C@@H]3c3ccc(F)cc3)O2)C1.CN(C)C1CC2(CN=C(N3CCc4ccccc4[C@@H]3c3ccc(F)cc3)O2)C1.CSF.OC1CC2(CN=C(N3CCc4ccccc4[C@@H]3c3ccc(F)cc3)O2)C1. The number of rotatable bonds is 6. The number of aliphatic hydroxyl groups is 1. The monoisotopic (exact) mass is 1570 g/mol. The van der Waals surface area contributed by atoms with E-state index in [1.807, 2.05) is 54.6 Å². The molecule has 0 amide bonds. The van der Waals surface area contributed by atoms with Gasteiger partial charge in [-0.2, -0.15) is 3.89 Å². The van der Waals surface area contributed by atoms with Gasteiger partial charge in [0.15, 0.2) is 0 Å². The normalized spacial score (nSPS) is 28.0. The van der Waals surface area contributed by atoms with E-state index < -0.39 is 0 Å². The van der Waals surface area contributed by atoms with Crippen LogP contribution in [0.5, 0.6) is 0 Å². The number of hydrogen-bond donors (Lipinski definition) is 1. The Hall–Kier alpha value is -9.28. The summed E-state index contributed by atoms with van der Waals surface area (Å²) < 4.78 is 89.8. The Morgan fingerprint density at radius 1 is 0.377 bits per heavy atom. The third-order valence-corrected chi connectivity index (χ3v) is 24.6. The van der Waals surface area contributed by atoms with Gasteiger partial charge >= 0.3 is 0 Å². The van der Waals surface area contributed by atoms with Crippen molar-refractivity contribution in [1.82, 2.24) is 29.4 Å². The van der Waals surface area contributed by atoms with Gasteiger partial charge in [-0.25, -0.2) is 37.5 Å². The minimum Gasteiger partial charge on any atom is -0.457 e. The second kappa shape index (κ2) is 34.3. The van der Waals surface area contributed by atoms with Crippen molar-refractivity contribution < 1.29 is 45.5 Å². The highest BCUT2D eigenvalue weighted by Gasteiger charge is 2.56. The molecule has 600 valence electrons. The van der Waals surface area contributed by atoms with Gasteiger partial charge in [0.05, 0.1) is 56.5 Å². The molecule has 8 aromatic carbocycles. The van der Waals surface area contributed by atoms with Crippen LogP contribution >= 0.6 is 12.1 Å². The molecule has 4 aliphatic carbocycles. The highest BCUT2D eigenvalue weighted by molar-refractivity contribution is 7.93. The van der Waals surface area contributed by atoms with Crippen molar-refractivity contribution in [3.8, 4) is 0 Å². The van der Waals surface area contributed by atoms with Gasteiger partial charge in [0.2, 0.25) is 0 Å². The number of benzene rings is 8. The maximum atomic E-state index is 13.5. The molecule has 12 aliphatic rings. The molecule has 4 atom stereocenters. The lowest BCUT2D eigenvalue weighted by atomic mass is 9.72. The number of halogens is 5. The number of fused-ring (bicyclic) bond motifs is 4. The molecule has 8 aromatic rings. The van der Waals surface area contributed by atoms with Crippen LogP contribution in [0.25, 0.3) is 0 Å². The Morgan fingerprint density at radius 3 is 0.816 bits per heavy atom. The van der Waals surface area contributed by atoms with E-state index in [-0.39, 0.29) is 88.1 Å². The zero-order valence-corrected chi connectivity index (χ0v) is 67.6. The second-order valence-corrected chi connectivity index (χ2v) is 33.7. The highest BCUT2D eigenvalue weighted by Crippen LogP contribution is 2.50. The molecule has 8 heterocycles. The van der Waals surface area contributed by atoms with Crippen molar-refractivity contribution in [2.24, 2.45) is 25.9 Å². The summed E-state index contributed by atoms with van der Waals surface area (Å²) in [4.78, 5) is 32.6. The van der Waals surface area contributed by atoms with Crippen LogP contribution in [0.3, 0.4) is 0 Å². The summed E-state index contributed by atoms with van der Waals surface area (Å²) in [6.07, 6.45) is 13.7. The summed E-state index contributed by atoms with van der Waals surface area (Å²) >= 11 is 0.250. The van der Waals surface area contributed by atoms with E-state index in [2.05, 4.69) is 174 Å². The highest BCUT2D eigenvalue weighted by atomic mass is 32.2. The maximum Gasteiger partial charge on any atom is 0.288 e. The van der Waals surface area contributed by atoms with Gasteiger partial charge in [0.1, 0.15) is 45.7 Å². The van der Waals surface area contributed by atoms with Gasteiger partial charge in [-0.1, -0.05) is 173 Å². The number of aliphatic hydroxyl groups excluding tert-OH is 1. The van der Waals surface area contributed by atoms with Crippen LogP contribution in [0, 0.1) is 29.2 Å². The average molecular weight is 1570 g/mol. The molecule has 0 bridgehead atoms. The van der Waals surface area contributed by atoms with E-state index in [0.29, 0.717) is 37.5 Å². The lowest BCUT2D eigenvalue weighted by Gasteiger charge is -2.47. The lowest BCUT2D eigenvalue weighted by Crippen LogP contribution is -2.56. The molecule has 8 aliphatic heterocycles. The number of aliphatic imine (C=N–C) groups is 4. The van der Waals surface area contributed by atoms with E-state index in [9.17, 15) is 26.6 Å². The van der Waals surface area contributed by atoms with E-state index >= 15 is 0 Å². The number of ether oxygens (including phenoxy) is 4. The summed E-state index contributed by atoms with van der Waals surface area (Å²) in [5.74, 6) is -0.143. The number of nitrogens with zero attached hydrogens (tertiary/aromatic N) is 10. The minimum absolute atomic E-state index is 0.00386. The maximum absolute atomic E-state index is 13.5. The Labute approximate surface area is 673 Å². The first-order valence-electron chi connectivity index (χ1n) is 40.7. The van der Waals surface area contributed by atoms with Crippen molar-refractivity contribution in [3.63, 3.8) is 0 Å². The molecule has 20 rings (SSSR count). The quantitative estimate of drug-likeness (QED) is 0.159. The van der Waals surface area contributed by atoms with Gasteiger partial charge in [0.25, 0.3) is 24.1 Å². The average Bonchev–Trinajstić information content (AvgIpc) is 1.58. The molecule has 114 heavy (non-hydrogen) atoms. The molecule has 15 nitrogen and oxygen atoms in total. The predicted octanol–water partition coefficient (Wildman–Crippen LogP) is 17.3. The molecule has 4 saturated carbocycles. The van der Waals surface area contributed by atoms with E-state index in [1.54, 1.807) is 0 Å². The molecule has 0 radical (unpaired) electrons. The molecule has 1 N–H and O–H groups in total. The molecule has 0 unspecified atom stereocenters. The van der Waals surface area contributed by atoms with Crippen LogP contribution in [0.15, 0.2) is 214 Å². The molecule has 0 saturated heterocycles. The molecule has 4 fully saturated rings. The first-order chi connectivity index (χ1) is 55.2. The molecule has 0 aromatic heterocycles. The van der Waals surface area contributed by atoms with Gasteiger partial charge < -0.3 is 53.5 Å². The zero-order valence-electron chi connectivity index (χ0n) is 66.8. The summed E-state index contributed by atoms with van der Waals surface area (Å²) in [6.45, 7) is 12.7. The van der Waals surface area contributed by atoms with Crippen LogP contribution in [0.4, 0.5) is 21.4 Å². The van der Waals surface area contributed by atoms with Gasteiger partial charge in [0, 0.05) is 95.2 Å². The number of hydrogen-bond acceptors (Lipinski definition) is 16. The number of amidine groups is 4. The fraction of sp³-hybridized carbons (Fsp3) is 0.441. The van der Waals surface area contributed by atoms with Crippen LogP contribution in [0.2, 0.25) is 0 Å². The van der Waals surface area contributed by atoms with Crippen LogP contribution in [-0.4, -0.2) is 186 Å². The van der Waals surface area contributed by atoms with E-state index in [0.717, 1.165) is 156 Å². The zero-order chi connectivity index (χ0) is 79.5. The van der Waals surface area contributed by atoms with Gasteiger partial charge in [-0.3, -0.25) is 0 Å². The van der Waals surface area contributed by atoms with E-state index in [4.69, 9.17) is 33.9 Å². The molecular weight excluding hydrogens is 1460 g/mol. The third-order valence-electron chi connectivity index (χ3n) is 24.6. The summed E-state index contributed by atoms with van der Waals surface area (Å²) in [5.41, 5.74) is 13.9. The first-order valence-corrected chi connectivity index (χ1v) is 41.8. The molecule has 21 heteroatoms. The van der Waals surface area contributed by atoms with Crippen molar-refractivity contribution in [2.75, 3.05) is 86.8 Å². The fourth-order valence-corrected chi connectivity index (χ4v) is 18.8. The summed E-state index contributed by atoms with van der Waals surface area (Å²) in [6, 6.07) is 65.2. The van der Waals surface area contributed by atoms with Crippen molar-refractivity contribution in [2.45, 2.75) is 169 Å². The second-order valence-electron chi connectivity index (χ2n) is 33.4. The third kappa shape index (κ3) is 16.9.